The fourth-order valence-electron chi connectivity index (χ4n) is 1.39. The molecule has 0 unspecified atom stereocenters. The average molecular weight is 279 g/mol. The number of nitrogens with one attached hydrogen (secondary N) is 1. The van der Waals surface area contributed by atoms with E-state index in [1.165, 1.54) is 6.08 Å². The summed E-state index contributed by atoms with van der Waals surface area (Å²) >= 11 is 0. The molecule has 0 aromatic heterocycles. The molecule has 0 radical (unpaired) electrons. The molecular formula is C14H17NO5. The third-order valence-corrected chi connectivity index (χ3v) is 2.31. The first-order chi connectivity index (χ1) is 9.63. The Bertz CT molecular complexity index is 446. The molecule has 1 aromatic rings. The van der Waals surface area contributed by atoms with Gasteiger partial charge in [0.25, 0.3) is 0 Å². The highest BCUT2D eigenvalue weighted by molar-refractivity contribution is 5.81. The SMILES string of the molecule is C=CCOC(=O)[C@H](CC(=O)O)NOCc1ccccc1. The van der Waals surface area contributed by atoms with Gasteiger partial charge in [0, 0.05) is 0 Å². The number of carboxylic acid groups (broad SMARTS) is 1. The lowest BCUT2D eigenvalue weighted by Crippen LogP contribution is -2.39. The van der Waals surface area contributed by atoms with E-state index < -0.39 is 24.4 Å². The van der Waals surface area contributed by atoms with Gasteiger partial charge in [-0.3, -0.25) is 14.4 Å². The van der Waals surface area contributed by atoms with Crippen LogP contribution in [0.5, 0.6) is 0 Å². The molecular weight excluding hydrogens is 262 g/mol. The minimum Gasteiger partial charge on any atom is -0.481 e. The first kappa shape index (κ1) is 15.9. The number of carbonyl (C=O) groups excluding carboxylic acids is 1. The highest BCUT2D eigenvalue weighted by Gasteiger charge is 2.23. The van der Waals surface area contributed by atoms with E-state index in [9.17, 15) is 9.59 Å². The number of ether oxygens (including phenoxy) is 1. The smallest absolute Gasteiger partial charge is 0.326 e. The number of carbonyl (C=O) groups is 2. The van der Waals surface area contributed by atoms with Gasteiger partial charge in [-0.05, 0) is 5.56 Å². The summed E-state index contributed by atoms with van der Waals surface area (Å²) in [5.41, 5.74) is 3.32. The molecule has 6 nitrogen and oxygen atoms in total. The summed E-state index contributed by atoms with van der Waals surface area (Å²) in [4.78, 5) is 27.4. The standard InChI is InChI=1S/C14H17NO5/c1-2-8-19-14(18)12(9-13(16)17)15-20-10-11-6-4-3-5-7-11/h2-7,12,15H,1,8-10H2,(H,16,17)/t12-/m0/s1. The molecule has 0 aliphatic carbocycles. The van der Waals surface area contributed by atoms with Crippen LogP contribution in [0.2, 0.25) is 0 Å². The Hall–Kier alpha value is -2.18. The Morgan fingerprint density at radius 2 is 2.05 bits per heavy atom. The van der Waals surface area contributed by atoms with Gasteiger partial charge in [-0.2, -0.15) is 5.48 Å². The minimum atomic E-state index is -1.12. The molecule has 6 heteroatoms. The largest absolute Gasteiger partial charge is 0.481 e. The molecule has 1 rings (SSSR count). The molecule has 0 heterocycles. The number of hydrogen-bond donors (Lipinski definition) is 2. The number of hydrogen-bond acceptors (Lipinski definition) is 5. The van der Waals surface area contributed by atoms with Crippen LogP contribution in [0.4, 0.5) is 0 Å². The van der Waals surface area contributed by atoms with E-state index in [2.05, 4.69) is 12.1 Å². The van der Waals surface area contributed by atoms with Crippen LogP contribution in [0.1, 0.15) is 12.0 Å². The van der Waals surface area contributed by atoms with Crippen LogP contribution < -0.4 is 5.48 Å². The number of hydroxylamine groups is 1. The van der Waals surface area contributed by atoms with E-state index >= 15 is 0 Å². The van der Waals surface area contributed by atoms with E-state index in [0.29, 0.717) is 0 Å². The van der Waals surface area contributed by atoms with E-state index in [0.717, 1.165) is 5.56 Å². The van der Waals surface area contributed by atoms with Crippen LogP contribution >= 0.6 is 0 Å². The summed E-state index contributed by atoms with van der Waals surface area (Å²) in [6.07, 6.45) is 0.977. The summed E-state index contributed by atoms with van der Waals surface area (Å²) in [5.74, 6) is -1.82. The highest BCUT2D eigenvalue weighted by Crippen LogP contribution is 2.02. The summed E-state index contributed by atoms with van der Waals surface area (Å²) in [6, 6.07) is 8.22. The number of rotatable bonds is 9. The van der Waals surface area contributed by atoms with Crippen LogP contribution in [0.15, 0.2) is 43.0 Å². The molecule has 0 amide bonds. The summed E-state index contributed by atoms with van der Waals surface area (Å²) in [7, 11) is 0. The molecule has 20 heavy (non-hydrogen) atoms. The molecule has 0 aliphatic heterocycles. The normalized spacial score (nSPS) is 11.6. The van der Waals surface area contributed by atoms with E-state index in [4.69, 9.17) is 14.7 Å². The zero-order valence-electron chi connectivity index (χ0n) is 11.0. The first-order valence-corrected chi connectivity index (χ1v) is 6.04. The molecule has 0 bridgehead atoms. The predicted octanol–water partition coefficient (Wildman–Crippen LogP) is 1.28. The van der Waals surface area contributed by atoms with Gasteiger partial charge < -0.3 is 9.84 Å². The average Bonchev–Trinajstić information content (AvgIpc) is 2.44. The second-order valence-electron chi connectivity index (χ2n) is 3.96. The van der Waals surface area contributed by atoms with Gasteiger partial charge >= 0.3 is 11.9 Å². The van der Waals surface area contributed by atoms with Gasteiger partial charge in [0.15, 0.2) is 0 Å². The van der Waals surface area contributed by atoms with Crippen molar-refractivity contribution < 1.29 is 24.3 Å². The first-order valence-electron chi connectivity index (χ1n) is 6.04. The number of carboxylic acids is 1. The van der Waals surface area contributed by atoms with Crippen molar-refractivity contribution >= 4 is 11.9 Å². The van der Waals surface area contributed by atoms with Gasteiger partial charge in [-0.25, -0.2) is 0 Å². The van der Waals surface area contributed by atoms with Crippen molar-refractivity contribution in [2.75, 3.05) is 6.61 Å². The second-order valence-corrected chi connectivity index (χ2v) is 3.96. The van der Waals surface area contributed by atoms with Crippen LogP contribution in [0.25, 0.3) is 0 Å². The zero-order valence-corrected chi connectivity index (χ0v) is 11.0. The Morgan fingerprint density at radius 1 is 1.35 bits per heavy atom. The number of aliphatic carboxylic acids is 1. The molecule has 1 aromatic carbocycles. The summed E-state index contributed by atoms with van der Waals surface area (Å²) in [5, 5.41) is 8.75. The van der Waals surface area contributed by atoms with Crippen molar-refractivity contribution in [2.24, 2.45) is 0 Å². The predicted molar refractivity (Wildman–Crippen MR) is 71.6 cm³/mol. The fourth-order valence-corrected chi connectivity index (χ4v) is 1.39. The van der Waals surface area contributed by atoms with Gasteiger partial charge in [0.1, 0.15) is 12.6 Å². The van der Waals surface area contributed by atoms with Crippen LogP contribution in [0.3, 0.4) is 0 Å². The third kappa shape index (κ3) is 6.12. The van der Waals surface area contributed by atoms with E-state index in [-0.39, 0.29) is 13.2 Å². The Labute approximate surface area is 117 Å². The Balaban J connectivity index is 2.45. The fraction of sp³-hybridized carbons (Fsp3) is 0.286. The molecule has 2 N–H and O–H groups in total. The van der Waals surface area contributed by atoms with Crippen molar-refractivity contribution in [2.45, 2.75) is 19.1 Å². The maximum Gasteiger partial charge on any atom is 0.326 e. The summed E-state index contributed by atoms with van der Waals surface area (Å²) < 4.78 is 4.79. The van der Waals surface area contributed by atoms with Gasteiger partial charge in [-0.15, -0.1) is 0 Å². The maximum atomic E-state index is 11.6. The van der Waals surface area contributed by atoms with Gasteiger partial charge in [0.05, 0.1) is 13.0 Å². The lowest BCUT2D eigenvalue weighted by molar-refractivity contribution is -0.155. The van der Waals surface area contributed by atoms with Crippen LogP contribution in [-0.4, -0.2) is 29.7 Å². The molecule has 1 atom stereocenters. The Morgan fingerprint density at radius 3 is 2.65 bits per heavy atom. The van der Waals surface area contributed by atoms with Crippen molar-refractivity contribution in [3.05, 3.63) is 48.6 Å². The minimum absolute atomic E-state index is 0.0231. The van der Waals surface area contributed by atoms with E-state index in [1.807, 2.05) is 30.3 Å². The van der Waals surface area contributed by atoms with Crippen molar-refractivity contribution in [1.29, 1.82) is 0 Å². The topological polar surface area (TPSA) is 84.9 Å². The van der Waals surface area contributed by atoms with E-state index in [1.54, 1.807) is 0 Å². The molecule has 108 valence electrons. The van der Waals surface area contributed by atoms with Crippen LogP contribution in [0, 0.1) is 0 Å². The quantitative estimate of drug-likeness (QED) is 0.402. The molecule has 0 fully saturated rings. The number of esters is 1. The number of benzene rings is 1. The molecule has 0 saturated heterocycles. The van der Waals surface area contributed by atoms with Crippen molar-refractivity contribution in [3.63, 3.8) is 0 Å². The molecule has 0 saturated carbocycles. The maximum absolute atomic E-state index is 11.6. The van der Waals surface area contributed by atoms with Crippen molar-refractivity contribution in [3.8, 4) is 0 Å². The van der Waals surface area contributed by atoms with Gasteiger partial charge in [-0.1, -0.05) is 43.0 Å². The second kappa shape index (κ2) is 8.84. The highest BCUT2D eigenvalue weighted by atomic mass is 16.6. The zero-order chi connectivity index (χ0) is 14.8. The van der Waals surface area contributed by atoms with Gasteiger partial charge in [0.2, 0.25) is 0 Å². The lowest BCUT2D eigenvalue weighted by atomic mass is 10.2. The van der Waals surface area contributed by atoms with Crippen molar-refractivity contribution in [1.82, 2.24) is 5.48 Å². The Kier molecular flexibility index (Phi) is 7.02. The molecule has 0 spiro atoms. The lowest BCUT2D eigenvalue weighted by Gasteiger charge is -2.15. The monoisotopic (exact) mass is 279 g/mol. The molecule has 0 aliphatic rings. The third-order valence-electron chi connectivity index (χ3n) is 2.31. The summed E-state index contributed by atoms with van der Waals surface area (Å²) in [6.45, 7) is 3.65. The van der Waals surface area contributed by atoms with Crippen LogP contribution in [-0.2, 0) is 25.8 Å².